The zero-order valence-electron chi connectivity index (χ0n) is 17.5. The number of ether oxygens (including phenoxy) is 1. The molecule has 0 bridgehead atoms. The first-order chi connectivity index (χ1) is 14.6. The van der Waals surface area contributed by atoms with Gasteiger partial charge in [-0.05, 0) is 74.7 Å². The maximum atomic E-state index is 12.7. The van der Waals surface area contributed by atoms with E-state index in [1.54, 1.807) is 4.90 Å². The lowest BCUT2D eigenvalue weighted by Crippen LogP contribution is -2.29. The first kappa shape index (κ1) is 20.3. The Bertz CT molecular complexity index is 874. The average Bonchev–Trinajstić information content (AvgIpc) is 3.17. The van der Waals surface area contributed by atoms with Gasteiger partial charge in [-0.3, -0.25) is 9.59 Å². The Balaban J connectivity index is 1.35. The molecule has 2 aromatic rings. The number of benzene rings is 2. The Kier molecular flexibility index (Phi) is 6.21. The van der Waals surface area contributed by atoms with E-state index in [4.69, 9.17) is 4.74 Å². The zero-order valence-corrected chi connectivity index (χ0v) is 17.5. The lowest BCUT2D eigenvalue weighted by Gasteiger charge is -2.28. The van der Waals surface area contributed by atoms with Gasteiger partial charge in [0, 0.05) is 43.1 Å². The molecule has 0 saturated carbocycles. The van der Waals surface area contributed by atoms with E-state index in [0.29, 0.717) is 13.2 Å². The van der Waals surface area contributed by atoms with Crippen molar-refractivity contribution >= 4 is 28.9 Å². The van der Waals surface area contributed by atoms with E-state index >= 15 is 0 Å². The quantitative estimate of drug-likeness (QED) is 0.784. The summed E-state index contributed by atoms with van der Waals surface area (Å²) in [6, 6.07) is 15.4. The fourth-order valence-corrected chi connectivity index (χ4v) is 4.17. The largest absolute Gasteiger partial charge is 0.494 e. The minimum atomic E-state index is -0.356. The van der Waals surface area contributed by atoms with Gasteiger partial charge in [0.15, 0.2) is 0 Å². The highest BCUT2D eigenvalue weighted by Gasteiger charge is 2.35. The number of carbonyl (C=O) groups is 2. The highest BCUT2D eigenvalue weighted by atomic mass is 16.5. The fourth-order valence-electron chi connectivity index (χ4n) is 4.17. The van der Waals surface area contributed by atoms with Gasteiger partial charge in [-0.25, -0.2) is 0 Å². The molecule has 2 amide bonds. The number of piperidine rings is 1. The third-order valence-corrected chi connectivity index (χ3v) is 5.81. The molecule has 0 radical (unpaired) electrons. The molecule has 2 aliphatic rings. The molecule has 2 fully saturated rings. The van der Waals surface area contributed by atoms with Gasteiger partial charge in [-0.15, -0.1) is 0 Å². The van der Waals surface area contributed by atoms with Crippen LogP contribution in [0.15, 0.2) is 48.5 Å². The number of hydrogen-bond acceptors (Lipinski definition) is 4. The van der Waals surface area contributed by atoms with Crippen LogP contribution in [0.25, 0.3) is 0 Å². The van der Waals surface area contributed by atoms with Crippen LogP contribution in [0.3, 0.4) is 0 Å². The average molecular weight is 408 g/mol. The molecular weight excluding hydrogens is 378 g/mol. The van der Waals surface area contributed by atoms with Gasteiger partial charge in [0.25, 0.3) is 0 Å². The molecule has 158 valence electrons. The summed E-state index contributed by atoms with van der Waals surface area (Å²) in [6.45, 7) is 5.12. The Morgan fingerprint density at radius 2 is 1.67 bits per heavy atom. The van der Waals surface area contributed by atoms with E-state index in [2.05, 4.69) is 22.3 Å². The zero-order chi connectivity index (χ0) is 20.9. The van der Waals surface area contributed by atoms with Crippen LogP contribution in [-0.2, 0) is 9.59 Å². The predicted octanol–water partition coefficient (Wildman–Crippen LogP) is 4.07. The minimum absolute atomic E-state index is 0.0280. The van der Waals surface area contributed by atoms with Gasteiger partial charge in [-0.2, -0.15) is 0 Å². The second-order valence-corrected chi connectivity index (χ2v) is 7.92. The molecule has 1 N–H and O–H groups in total. The second kappa shape index (κ2) is 9.20. The topological polar surface area (TPSA) is 61.9 Å². The smallest absolute Gasteiger partial charge is 0.229 e. The van der Waals surface area contributed by atoms with Crippen molar-refractivity contribution < 1.29 is 14.3 Å². The van der Waals surface area contributed by atoms with Crippen LogP contribution in [0.2, 0.25) is 0 Å². The van der Waals surface area contributed by atoms with Crippen LogP contribution >= 0.6 is 0 Å². The van der Waals surface area contributed by atoms with Crippen LogP contribution in [-0.4, -0.2) is 38.1 Å². The normalized spacial score (nSPS) is 19.1. The molecule has 2 heterocycles. The van der Waals surface area contributed by atoms with E-state index < -0.39 is 0 Å². The molecule has 2 aromatic carbocycles. The van der Waals surface area contributed by atoms with Gasteiger partial charge >= 0.3 is 0 Å². The first-order valence-electron chi connectivity index (χ1n) is 10.8. The van der Waals surface area contributed by atoms with E-state index in [1.165, 1.54) is 24.9 Å². The van der Waals surface area contributed by atoms with Crippen molar-refractivity contribution in [1.29, 1.82) is 0 Å². The van der Waals surface area contributed by atoms with Crippen molar-refractivity contribution in [2.45, 2.75) is 32.6 Å². The second-order valence-electron chi connectivity index (χ2n) is 7.92. The molecule has 0 aromatic heterocycles. The van der Waals surface area contributed by atoms with Gasteiger partial charge in [0.05, 0.1) is 12.5 Å². The van der Waals surface area contributed by atoms with E-state index in [-0.39, 0.29) is 24.2 Å². The van der Waals surface area contributed by atoms with Crippen LogP contribution in [0.1, 0.15) is 32.6 Å². The summed E-state index contributed by atoms with van der Waals surface area (Å²) in [7, 11) is 0. The summed E-state index contributed by atoms with van der Waals surface area (Å²) < 4.78 is 5.45. The SMILES string of the molecule is CCOc1ccc(N2C[C@H](C(=O)Nc3ccc(N4CCCCC4)cc3)CC2=O)cc1. The third-order valence-electron chi connectivity index (χ3n) is 5.81. The molecule has 2 aliphatic heterocycles. The van der Waals surface area contributed by atoms with Crippen molar-refractivity contribution in [1.82, 2.24) is 0 Å². The monoisotopic (exact) mass is 407 g/mol. The Hall–Kier alpha value is -3.02. The third kappa shape index (κ3) is 4.58. The predicted molar refractivity (Wildman–Crippen MR) is 119 cm³/mol. The number of amides is 2. The number of anilines is 3. The molecule has 4 rings (SSSR count). The van der Waals surface area contributed by atoms with Crippen molar-refractivity contribution in [3.8, 4) is 5.75 Å². The molecule has 6 heteroatoms. The number of carbonyl (C=O) groups excluding carboxylic acids is 2. The molecule has 0 aliphatic carbocycles. The van der Waals surface area contributed by atoms with Crippen LogP contribution in [0.5, 0.6) is 5.75 Å². The van der Waals surface area contributed by atoms with Crippen molar-refractivity contribution in [2.75, 3.05) is 41.4 Å². The summed E-state index contributed by atoms with van der Waals surface area (Å²) in [5.74, 6) is 0.281. The molecule has 30 heavy (non-hydrogen) atoms. The maximum Gasteiger partial charge on any atom is 0.229 e. The van der Waals surface area contributed by atoms with E-state index in [9.17, 15) is 9.59 Å². The molecule has 6 nitrogen and oxygen atoms in total. The Labute approximate surface area is 177 Å². The number of nitrogens with one attached hydrogen (secondary N) is 1. The van der Waals surface area contributed by atoms with E-state index in [1.807, 2.05) is 43.3 Å². The van der Waals surface area contributed by atoms with Gasteiger partial charge < -0.3 is 19.9 Å². The summed E-state index contributed by atoms with van der Waals surface area (Å²) in [5.41, 5.74) is 2.77. The van der Waals surface area contributed by atoms with Crippen molar-refractivity contribution in [2.24, 2.45) is 5.92 Å². The highest BCUT2D eigenvalue weighted by molar-refractivity contribution is 6.03. The summed E-state index contributed by atoms with van der Waals surface area (Å²) >= 11 is 0. The molecule has 0 unspecified atom stereocenters. The highest BCUT2D eigenvalue weighted by Crippen LogP contribution is 2.28. The lowest BCUT2D eigenvalue weighted by molar-refractivity contribution is -0.122. The van der Waals surface area contributed by atoms with Gasteiger partial charge in [-0.1, -0.05) is 0 Å². The summed E-state index contributed by atoms with van der Waals surface area (Å²) in [4.78, 5) is 29.3. The van der Waals surface area contributed by atoms with Crippen molar-refractivity contribution in [3.05, 3.63) is 48.5 Å². The maximum absolute atomic E-state index is 12.7. The van der Waals surface area contributed by atoms with Gasteiger partial charge in [0.1, 0.15) is 5.75 Å². The number of rotatable bonds is 6. The fraction of sp³-hybridized carbons (Fsp3) is 0.417. The summed E-state index contributed by atoms with van der Waals surface area (Å²) in [6.07, 6.45) is 4.00. The van der Waals surface area contributed by atoms with Crippen LogP contribution in [0, 0.1) is 5.92 Å². The molecule has 1 atom stereocenters. The number of nitrogens with zero attached hydrogens (tertiary/aromatic N) is 2. The standard InChI is InChI=1S/C24H29N3O3/c1-2-30-22-12-10-21(11-13-22)27-17-18(16-23(27)28)24(29)25-19-6-8-20(9-7-19)26-14-4-3-5-15-26/h6-13,18H,2-5,14-17H2,1H3,(H,25,29)/t18-/m1/s1. The van der Waals surface area contributed by atoms with Crippen LogP contribution in [0.4, 0.5) is 17.1 Å². The number of hydrogen-bond donors (Lipinski definition) is 1. The minimum Gasteiger partial charge on any atom is -0.494 e. The lowest BCUT2D eigenvalue weighted by atomic mass is 10.1. The van der Waals surface area contributed by atoms with E-state index in [0.717, 1.165) is 30.2 Å². The molecule has 2 saturated heterocycles. The summed E-state index contributed by atoms with van der Waals surface area (Å²) in [5, 5.41) is 2.98. The first-order valence-corrected chi connectivity index (χ1v) is 10.8. The van der Waals surface area contributed by atoms with Gasteiger partial charge in [0.2, 0.25) is 11.8 Å². The van der Waals surface area contributed by atoms with Crippen molar-refractivity contribution in [3.63, 3.8) is 0 Å². The molecular formula is C24H29N3O3. The molecule has 0 spiro atoms. The van der Waals surface area contributed by atoms with Crippen LogP contribution < -0.4 is 19.9 Å². The Morgan fingerprint density at radius 3 is 2.33 bits per heavy atom. The Morgan fingerprint density at radius 1 is 1.00 bits per heavy atom.